The largest absolute Gasteiger partial charge is 0.446 e. The Bertz CT molecular complexity index is 583. The van der Waals surface area contributed by atoms with Crippen LogP contribution in [0.2, 0.25) is 0 Å². The van der Waals surface area contributed by atoms with Crippen LogP contribution in [-0.4, -0.2) is 22.4 Å². The Labute approximate surface area is 130 Å². The maximum Gasteiger partial charge on any atom is 0.273 e. The van der Waals surface area contributed by atoms with Crippen LogP contribution in [0.5, 0.6) is 0 Å². The van der Waals surface area contributed by atoms with Crippen molar-refractivity contribution in [2.24, 2.45) is 5.73 Å². The minimum atomic E-state index is -0.256. The van der Waals surface area contributed by atoms with Crippen LogP contribution in [0.3, 0.4) is 0 Å². The lowest BCUT2D eigenvalue weighted by Crippen LogP contribution is -2.26. The van der Waals surface area contributed by atoms with Crippen LogP contribution in [0, 0.1) is 0 Å². The van der Waals surface area contributed by atoms with Crippen molar-refractivity contribution in [2.45, 2.75) is 38.6 Å². The first-order valence-corrected chi connectivity index (χ1v) is 7.59. The van der Waals surface area contributed by atoms with Crippen molar-refractivity contribution < 1.29 is 9.21 Å². The van der Waals surface area contributed by atoms with Crippen molar-refractivity contribution in [3.63, 3.8) is 0 Å². The zero-order valence-corrected chi connectivity index (χ0v) is 12.8. The molecule has 0 radical (unpaired) electrons. The van der Waals surface area contributed by atoms with Crippen molar-refractivity contribution in [2.75, 3.05) is 6.54 Å². The zero-order valence-electron chi connectivity index (χ0n) is 12.8. The topological polar surface area (TPSA) is 94.0 Å². The summed E-state index contributed by atoms with van der Waals surface area (Å²) >= 11 is 0. The van der Waals surface area contributed by atoms with Crippen LogP contribution in [0.25, 0.3) is 0 Å². The molecule has 0 bridgehead atoms. The highest BCUT2D eigenvalue weighted by Gasteiger charge is 2.16. The van der Waals surface area contributed by atoms with Crippen LogP contribution in [0.1, 0.15) is 54.3 Å². The first kappa shape index (κ1) is 16.2. The Balaban J connectivity index is 1.81. The predicted octanol–water partition coefficient (Wildman–Crippen LogP) is 2.23. The number of oxazole rings is 1. The Morgan fingerprint density at radius 1 is 1.45 bits per heavy atom. The number of nitrogens with zero attached hydrogens (tertiary/aromatic N) is 2. The number of aromatic nitrogens is 2. The van der Waals surface area contributed by atoms with Crippen molar-refractivity contribution >= 4 is 5.91 Å². The van der Waals surface area contributed by atoms with Gasteiger partial charge in [0.15, 0.2) is 5.69 Å². The van der Waals surface area contributed by atoms with Crippen molar-refractivity contribution in [1.29, 1.82) is 0 Å². The van der Waals surface area contributed by atoms with E-state index in [1.807, 2.05) is 18.2 Å². The highest BCUT2D eigenvalue weighted by atomic mass is 16.3. The number of nitrogens with one attached hydrogen (secondary N) is 1. The molecule has 0 aliphatic carbocycles. The van der Waals surface area contributed by atoms with E-state index in [-0.39, 0.29) is 17.6 Å². The van der Waals surface area contributed by atoms with Gasteiger partial charge in [0.05, 0.1) is 6.04 Å². The molecule has 1 unspecified atom stereocenters. The fourth-order valence-corrected chi connectivity index (χ4v) is 2.05. The van der Waals surface area contributed by atoms with Gasteiger partial charge < -0.3 is 15.5 Å². The smallest absolute Gasteiger partial charge is 0.273 e. The number of amides is 1. The molecule has 0 aliphatic heterocycles. The molecule has 6 heteroatoms. The van der Waals surface area contributed by atoms with E-state index >= 15 is 0 Å². The van der Waals surface area contributed by atoms with Crippen LogP contribution >= 0.6 is 0 Å². The lowest BCUT2D eigenvalue weighted by atomic mass is 10.1. The molecule has 22 heavy (non-hydrogen) atoms. The van der Waals surface area contributed by atoms with Crippen molar-refractivity contribution in [3.8, 4) is 0 Å². The van der Waals surface area contributed by atoms with Gasteiger partial charge in [0.2, 0.25) is 5.89 Å². The molecule has 2 heterocycles. The summed E-state index contributed by atoms with van der Waals surface area (Å²) in [6, 6.07) is 5.45. The minimum Gasteiger partial charge on any atom is -0.446 e. The molecule has 2 rings (SSSR count). The van der Waals surface area contributed by atoms with E-state index in [2.05, 4.69) is 22.2 Å². The van der Waals surface area contributed by atoms with Gasteiger partial charge in [-0.15, -0.1) is 0 Å². The number of hydrogen-bond acceptors (Lipinski definition) is 5. The number of pyridine rings is 1. The average Bonchev–Trinajstić information content (AvgIpc) is 3.03. The summed E-state index contributed by atoms with van der Waals surface area (Å²) in [5, 5.41) is 2.80. The zero-order chi connectivity index (χ0) is 15.8. The Morgan fingerprint density at radius 2 is 2.32 bits per heavy atom. The molecule has 0 saturated carbocycles. The van der Waals surface area contributed by atoms with E-state index in [4.69, 9.17) is 10.2 Å². The summed E-state index contributed by atoms with van der Waals surface area (Å²) in [5.41, 5.74) is 7.18. The third kappa shape index (κ3) is 4.66. The monoisotopic (exact) mass is 302 g/mol. The number of nitrogens with two attached hydrogens (primary N) is 1. The van der Waals surface area contributed by atoms with Gasteiger partial charge in [-0.25, -0.2) is 4.98 Å². The number of carbonyl (C=O) groups excluding carboxylic acids is 1. The molecular formula is C16H22N4O2. The molecule has 6 nitrogen and oxygen atoms in total. The molecule has 3 N–H and O–H groups in total. The Morgan fingerprint density at radius 3 is 3.05 bits per heavy atom. The molecular weight excluding hydrogens is 280 g/mol. The first-order chi connectivity index (χ1) is 10.7. The first-order valence-electron chi connectivity index (χ1n) is 7.59. The van der Waals surface area contributed by atoms with E-state index < -0.39 is 0 Å². The van der Waals surface area contributed by atoms with Gasteiger partial charge in [0.25, 0.3) is 5.91 Å². The molecule has 2 aromatic heterocycles. The fourth-order valence-electron chi connectivity index (χ4n) is 2.05. The third-order valence-electron chi connectivity index (χ3n) is 3.33. The highest BCUT2D eigenvalue weighted by Crippen LogP contribution is 2.16. The summed E-state index contributed by atoms with van der Waals surface area (Å²) in [5.74, 6) is 0.164. The fraction of sp³-hybridized carbons (Fsp3) is 0.438. The number of hydrogen-bond donors (Lipinski definition) is 2. The van der Waals surface area contributed by atoms with Gasteiger partial charge in [-0.2, -0.15) is 0 Å². The van der Waals surface area contributed by atoms with Crippen LogP contribution < -0.4 is 11.1 Å². The van der Waals surface area contributed by atoms with Crippen LogP contribution in [-0.2, 0) is 6.42 Å². The molecule has 0 saturated heterocycles. The SMILES string of the molecule is CCCCC(N)c1nc(C(=O)NCCc2ccccn2)co1. The van der Waals surface area contributed by atoms with Crippen LogP contribution in [0.15, 0.2) is 35.1 Å². The molecule has 118 valence electrons. The second kappa shape index (κ2) is 8.29. The molecule has 1 atom stereocenters. The maximum absolute atomic E-state index is 12.0. The van der Waals surface area contributed by atoms with Gasteiger partial charge in [0, 0.05) is 24.9 Å². The summed E-state index contributed by atoms with van der Waals surface area (Å²) in [7, 11) is 0. The second-order valence-corrected chi connectivity index (χ2v) is 5.15. The predicted molar refractivity (Wildman–Crippen MR) is 83.2 cm³/mol. The Kier molecular flexibility index (Phi) is 6.09. The molecule has 0 aromatic carbocycles. The summed E-state index contributed by atoms with van der Waals surface area (Å²) < 4.78 is 5.30. The van der Waals surface area contributed by atoms with Crippen molar-refractivity contribution in [1.82, 2.24) is 15.3 Å². The van der Waals surface area contributed by atoms with E-state index in [1.54, 1.807) is 6.20 Å². The quantitative estimate of drug-likeness (QED) is 0.780. The van der Waals surface area contributed by atoms with Gasteiger partial charge >= 0.3 is 0 Å². The van der Waals surface area contributed by atoms with E-state index in [9.17, 15) is 4.79 Å². The van der Waals surface area contributed by atoms with Gasteiger partial charge in [-0.05, 0) is 18.6 Å². The Hall–Kier alpha value is -2.21. The van der Waals surface area contributed by atoms with E-state index in [0.29, 0.717) is 18.9 Å². The molecule has 0 aliphatic rings. The molecule has 2 aromatic rings. The standard InChI is InChI=1S/C16H22N4O2/c1-2-3-7-13(17)16-20-14(11-22-16)15(21)19-10-8-12-6-4-5-9-18-12/h4-6,9,11,13H,2-3,7-8,10,17H2,1H3,(H,19,21). The van der Waals surface area contributed by atoms with Crippen molar-refractivity contribution in [3.05, 3.63) is 47.9 Å². The lowest BCUT2D eigenvalue weighted by molar-refractivity contribution is 0.0949. The van der Waals surface area contributed by atoms with E-state index in [0.717, 1.165) is 25.0 Å². The molecule has 0 spiro atoms. The normalized spacial score (nSPS) is 12.1. The number of unbranched alkanes of at least 4 members (excludes halogenated alkanes) is 1. The van der Waals surface area contributed by atoms with Gasteiger partial charge in [0.1, 0.15) is 6.26 Å². The maximum atomic E-state index is 12.0. The second-order valence-electron chi connectivity index (χ2n) is 5.15. The lowest BCUT2D eigenvalue weighted by Gasteiger charge is -2.05. The van der Waals surface area contributed by atoms with Crippen LogP contribution in [0.4, 0.5) is 0 Å². The number of carbonyl (C=O) groups is 1. The number of rotatable bonds is 8. The molecule has 0 fully saturated rings. The van der Waals surface area contributed by atoms with Gasteiger partial charge in [-0.3, -0.25) is 9.78 Å². The highest BCUT2D eigenvalue weighted by molar-refractivity contribution is 5.91. The minimum absolute atomic E-state index is 0.255. The summed E-state index contributed by atoms with van der Waals surface area (Å²) in [4.78, 5) is 20.4. The third-order valence-corrected chi connectivity index (χ3v) is 3.33. The molecule has 1 amide bonds. The van der Waals surface area contributed by atoms with E-state index in [1.165, 1.54) is 6.26 Å². The summed E-state index contributed by atoms with van der Waals surface area (Å²) in [6.07, 6.45) is 6.64. The average molecular weight is 302 g/mol. The van der Waals surface area contributed by atoms with Gasteiger partial charge in [-0.1, -0.05) is 25.8 Å². The summed E-state index contributed by atoms with van der Waals surface area (Å²) in [6.45, 7) is 2.60.